The van der Waals surface area contributed by atoms with Crippen molar-refractivity contribution >= 4 is 5.69 Å². The standard InChI is InChI=1S/C10H15NO2/c1-3-12-7-13-10-8(2)5-4-6-9(10)11/h4-6H,3,7,11H2,1-2H3. The Balaban J connectivity index is 2.64. The van der Waals surface area contributed by atoms with E-state index in [0.29, 0.717) is 12.3 Å². The Kier molecular flexibility index (Phi) is 3.58. The van der Waals surface area contributed by atoms with E-state index >= 15 is 0 Å². The fourth-order valence-corrected chi connectivity index (χ4v) is 1.06. The lowest BCUT2D eigenvalue weighted by Crippen LogP contribution is -2.05. The third kappa shape index (κ3) is 2.63. The molecule has 0 aromatic heterocycles. The molecule has 0 atom stereocenters. The number of nitrogens with two attached hydrogens (primary N) is 1. The molecule has 0 heterocycles. The predicted molar refractivity (Wildman–Crippen MR) is 52.7 cm³/mol. The zero-order valence-corrected chi connectivity index (χ0v) is 8.04. The van der Waals surface area contributed by atoms with E-state index in [-0.39, 0.29) is 6.79 Å². The Morgan fingerprint density at radius 2 is 2.15 bits per heavy atom. The summed E-state index contributed by atoms with van der Waals surface area (Å²) in [7, 11) is 0. The fraction of sp³-hybridized carbons (Fsp3) is 0.400. The zero-order chi connectivity index (χ0) is 9.68. The zero-order valence-electron chi connectivity index (χ0n) is 8.04. The molecule has 1 rings (SSSR count). The SMILES string of the molecule is CCOCOc1c(C)cccc1N. The number of benzene rings is 1. The normalized spacial score (nSPS) is 10.0. The number of hydrogen-bond donors (Lipinski definition) is 1. The van der Waals surface area contributed by atoms with Gasteiger partial charge < -0.3 is 15.2 Å². The second-order valence-corrected chi connectivity index (χ2v) is 2.75. The molecule has 0 bridgehead atoms. The van der Waals surface area contributed by atoms with E-state index in [9.17, 15) is 0 Å². The van der Waals surface area contributed by atoms with Crippen molar-refractivity contribution in [1.82, 2.24) is 0 Å². The van der Waals surface area contributed by atoms with Crippen LogP contribution in [0.15, 0.2) is 18.2 Å². The van der Waals surface area contributed by atoms with E-state index in [2.05, 4.69) is 0 Å². The minimum Gasteiger partial charge on any atom is -0.465 e. The van der Waals surface area contributed by atoms with Crippen LogP contribution in [0.25, 0.3) is 0 Å². The highest BCUT2D eigenvalue weighted by Gasteiger charge is 2.02. The van der Waals surface area contributed by atoms with Gasteiger partial charge in [0.05, 0.1) is 5.69 Å². The van der Waals surface area contributed by atoms with Crippen LogP contribution in [0.5, 0.6) is 5.75 Å². The Bertz CT molecular complexity index is 253. The number of aryl methyl sites for hydroxylation is 1. The molecule has 72 valence electrons. The first-order valence-electron chi connectivity index (χ1n) is 4.31. The largest absolute Gasteiger partial charge is 0.465 e. The van der Waals surface area contributed by atoms with Crippen LogP contribution in [-0.4, -0.2) is 13.4 Å². The van der Waals surface area contributed by atoms with E-state index < -0.39 is 0 Å². The maximum atomic E-state index is 5.72. The molecule has 0 spiro atoms. The highest BCUT2D eigenvalue weighted by molar-refractivity contribution is 5.56. The number of anilines is 1. The second kappa shape index (κ2) is 4.72. The molecule has 0 unspecified atom stereocenters. The molecule has 0 aliphatic rings. The van der Waals surface area contributed by atoms with Gasteiger partial charge in [-0.3, -0.25) is 0 Å². The van der Waals surface area contributed by atoms with Gasteiger partial charge in [-0.1, -0.05) is 12.1 Å². The maximum Gasteiger partial charge on any atom is 0.189 e. The summed E-state index contributed by atoms with van der Waals surface area (Å²) in [6.07, 6.45) is 0. The van der Waals surface area contributed by atoms with E-state index in [1.807, 2.05) is 32.0 Å². The van der Waals surface area contributed by atoms with Gasteiger partial charge in [0.2, 0.25) is 0 Å². The van der Waals surface area contributed by atoms with Crippen LogP contribution in [0.3, 0.4) is 0 Å². The predicted octanol–water partition coefficient (Wildman–Crippen LogP) is 1.95. The van der Waals surface area contributed by atoms with Gasteiger partial charge in [0.25, 0.3) is 0 Å². The van der Waals surface area contributed by atoms with Crippen LogP contribution in [0.4, 0.5) is 5.69 Å². The molecular formula is C10H15NO2. The van der Waals surface area contributed by atoms with Crippen LogP contribution in [0, 0.1) is 6.92 Å². The summed E-state index contributed by atoms with van der Waals surface area (Å²) < 4.78 is 10.4. The molecule has 0 saturated heterocycles. The topological polar surface area (TPSA) is 44.5 Å². The summed E-state index contributed by atoms with van der Waals surface area (Å²) in [6, 6.07) is 5.67. The van der Waals surface area contributed by atoms with E-state index in [0.717, 1.165) is 11.3 Å². The van der Waals surface area contributed by atoms with Gasteiger partial charge in [0.1, 0.15) is 5.75 Å². The quantitative estimate of drug-likeness (QED) is 0.438. The number of rotatable bonds is 4. The lowest BCUT2D eigenvalue weighted by atomic mass is 10.2. The Morgan fingerprint density at radius 1 is 1.38 bits per heavy atom. The first-order valence-corrected chi connectivity index (χ1v) is 4.31. The summed E-state index contributed by atoms with van der Waals surface area (Å²) in [5.74, 6) is 0.718. The highest BCUT2D eigenvalue weighted by atomic mass is 16.7. The average molecular weight is 181 g/mol. The molecule has 0 aliphatic carbocycles. The summed E-state index contributed by atoms with van der Waals surface area (Å²) in [5.41, 5.74) is 7.40. The van der Waals surface area contributed by atoms with Gasteiger partial charge in [-0.2, -0.15) is 0 Å². The molecule has 3 nitrogen and oxygen atoms in total. The first kappa shape index (κ1) is 9.86. The van der Waals surface area contributed by atoms with Crippen molar-refractivity contribution in [3.05, 3.63) is 23.8 Å². The molecule has 2 N–H and O–H groups in total. The average Bonchev–Trinajstić information content (AvgIpc) is 2.10. The minimum atomic E-state index is 0.256. The van der Waals surface area contributed by atoms with Gasteiger partial charge in [-0.05, 0) is 25.5 Å². The van der Waals surface area contributed by atoms with Crippen molar-refractivity contribution < 1.29 is 9.47 Å². The molecule has 13 heavy (non-hydrogen) atoms. The van der Waals surface area contributed by atoms with E-state index in [1.165, 1.54) is 0 Å². The number of nitrogen functional groups attached to an aromatic ring is 1. The van der Waals surface area contributed by atoms with Gasteiger partial charge in [0, 0.05) is 6.61 Å². The number of hydrogen-bond acceptors (Lipinski definition) is 3. The molecule has 3 heteroatoms. The lowest BCUT2D eigenvalue weighted by Gasteiger charge is -2.10. The molecule has 0 saturated carbocycles. The van der Waals surface area contributed by atoms with Crippen molar-refractivity contribution in [1.29, 1.82) is 0 Å². The molecule has 1 aromatic rings. The maximum absolute atomic E-state index is 5.72. The number of para-hydroxylation sites is 1. The van der Waals surface area contributed by atoms with Crippen molar-refractivity contribution in [2.24, 2.45) is 0 Å². The van der Waals surface area contributed by atoms with Crippen molar-refractivity contribution in [2.45, 2.75) is 13.8 Å². The van der Waals surface area contributed by atoms with Crippen LogP contribution >= 0.6 is 0 Å². The molecule has 0 aliphatic heterocycles. The van der Waals surface area contributed by atoms with Gasteiger partial charge in [0.15, 0.2) is 6.79 Å². The summed E-state index contributed by atoms with van der Waals surface area (Å²) in [6.45, 7) is 4.78. The monoisotopic (exact) mass is 181 g/mol. The van der Waals surface area contributed by atoms with Crippen molar-refractivity contribution in [2.75, 3.05) is 19.1 Å². The van der Waals surface area contributed by atoms with Gasteiger partial charge in [-0.15, -0.1) is 0 Å². The van der Waals surface area contributed by atoms with Crippen LogP contribution < -0.4 is 10.5 Å². The van der Waals surface area contributed by atoms with E-state index in [4.69, 9.17) is 15.2 Å². The Hall–Kier alpha value is -1.22. The molecule has 0 amide bonds. The van der Waals surface area contributed by atoms with Gasteiger partial charge in [-0.25, -0.2) is 0 Å². The third-order valence-corrected chi connectivity index (χ3v) is 1.73. The van der Waals surface area contributed by atoms with Crippen molar-refractivity contribution in [3.8, 4) is 5.75 Å². The Morgan fingerprint density at radius 3 is 2.77 bits per heavy atom. The first-order chi connectivity index (χ1) is 6.25. The molecule has 0 radical (unpaired) electrons. The molecular weight excluding hydrogens is 166 g/mol. The van der Waals surface area contributed by atoms with Gasteiger partial charge >= 0.3 is 0 Å². The second-order valence-electron chi connectivity index (χ2n) is 2.75. The third-order valence-electron chi connectivity index (χ3n) is 1.73. The van der Waals surface area contributed by atoms with Crippen molar-refractivity contribution in [3.63, 3.8) is 0 Å². The summed E-state index contributed by atoms with van der Waals surface area (Å²) in [5, 5.41) is 0. The summed E-state index contributed by atoms with van der Waals surface area (Å²) >= 11 is 0. The smallest absolute Gasteiger partial charge is 0.189 e. The Labute approximate surface area is 78.5 Å². The highest BCUT2D eigenvalue weighted by Crippen LogP contribution is 2.25. The van der Waals surface area contributed by atoms with Crippen LogP contribution in [-0.2, 0) is 4.74 Å². The minimum absolute atomic E-state index is 0.256. The van der Waals surface area contributed by atoms with Crippen LogP contribution in [0.1, 0.15) is 12.5 Å². The van der Waals surface area contributed by atoms with Crippen LogP contribution in [0.2, 0.25) is 0 Å². The summed E-state index contributed by atoms with van der Waals surface area (Å²) in [4.78, 5) is 0. The molecule has 0 fully saturated rings. The van der Waals surface area contributed by atoms with E-state index in [1.54, 1.807) is 0 Å². The lowest BCUT2D eigenvalue weighted by molar-refractivity contribution is 0.0224. The fourth-order valence-electron chi connectivity index (χ4n) is 1.06. The molecule has 1 aromatic carbocycles. The number of ether oxygens (including phenoxy) is 2.